The minimum Gasteiger partial charge on any atom is -0.493 e. The zero-order valence-corrected chi connectivity index (χ0v) is 12.1. The number of aryl methyl sites for hydroxylation is 1. The highest BCUT2D eigenvalue weighted by Crippen LogP contribution is 2.28. The van der Waals surface area contributed by atoms with Crippen molar-refractivity contribution < 1.29 is 5.11 Å². The van der Waals surface area contributed by atoms with Crippen molar-refractivity contribution in [3.63, 3.8) is 0 Å². The summed E-state index contributed by atoms with van der Waals surface area (Å²) >= 11 is 14.0. The standard InChI is InChI=1S/C9H11Cl2N3OS2/c1-5-2-7(15)14-9(13-5)16-3-6(8(11)12)17-4-10/h2H,3-4,12H2,1H3,(H,13,14,15)/b8-6-. The van der Waals surface area contributed by atoms with E-state index < -0.39 is 0 Å². The van der Waals surface area contributed by atoms with Gasteiger partial charge < -0.3 is 10.8 Å². The largest absolute Gasteiger partial charge is 0.493 e. The Kier molecular flexibility index (Phi) is 6.26. The van der Waals surface area contributed by atoms with E-state index in [4.69, 9.17) is 28.9 Å². The first-order valence-corrected chi connectivity index (χ1v) is 7.41. The molecule has 0 amide bonds. The van der Waals surface area contributed by atoms with Crippen LogP contribution in [0.5, 0.6) is 5.88 Å². The summed E-state index contributed by atoms with van der Waals surface area (Å²) < 4.78 is 0. The molecule has 1 rings (SSSR count). The maximum atomic E-state index is 9.32. The third kappa shape index (κ3) is 5.25. The zero-order chi connectivity index (χ0) is 12.8. The number of thioether (sulfide) groups is 2. The second kappa shape index (κ2) is 7.20. The molecule has 0 bridgehead atoms. The number of aromatic nitrogens is 2. The quantitative estimate of drug-likeness (QED) is 0.377. The van der Waals surface area contributed by atoms with Crippen molar-refractivity contribution in [2.45, 2.75) is 12.1 Å². The van der Waals surface area contributed by atoms with Crippen molar-refractivity contribution in [3.05, 3.63) is 21.8 Å². The van der Waals surface area contributed by atoms with Crippen LogP contribution in [0.1, 0.15) is 5.69 Å². The first kappa shape index (κ1) is 14.8. The number of halogens is 2. The van der Waals surface area contributed by atoms with Gasteiger partial charge in [-0.2, -0.15) is 4.98 Å². The summed E-state index contributed by atoms with van der Waals surface area (Å²) in [4.78, 5) is 8.83. The fourth-order valence-electron chi connectivity index (χ4n) is 0.965. The lowest BCUT2D eigenvalue weighted by Gasteiger charge is -2.06. The van der Waals surface area contributed by atoms with E-state index in [0.717, 1.165) is 4.91 Å². The van der Waals surface area contributed by atoms with Crippen LogP contribution < -0.4 is 5.73 Å². The molecule has 0 radical (unpaired) electrons. The van der Waals surface area contributed by atoms with Crippen molar-refractivity contribution in [1.29, 1.82) is 0 Å². The van der Waals surface area contributed by atoms with Gasteiger partial charge in [-0.05, 0) is 6.92 Å². The lowest BCUT2D eigenvalue weighted by atomic mass is 10.4. The molecule has 1 heterocycles. The molecule has 0 atom stereocenters. The SMILES string of the molecule is Cc1cc(O)nc(SC/C(SCCl)=C(/N)Cl)n1. The van der Waals surface area contributed by atoms with Gasteiger partial charge in [0, 0.05) is 22.4 Å². The topological polar surface area (TPSA) is 72.0 Å². The van der Waals surface area contributed by atoms with Crippen molar-refractivity contribution in [1.82, 2.24) is 9.97 Å². The minimum absolute atomic E-state index is 0.0469. The lowest BCUT2D eigenvalue weighted by molar-refractivity contribution is 0.444. The lowest BCUT2D eigenvalue weighted by Crippen LogP contribution is -1.97. The number of alkyl halides is 1. The van der Waals surface area contributed by atoms with E-state index in [1.807, 2.05) is 0 Å². The second-order valence-electron chi connectivity index (χ2n) is 2.96. The molecule has 0 saturated heterocycles. The van der Waals surface area contributed by atoms with Gasteiger partial charge in [-0.1, -0.05) is 23.4 Å². The molecule has 0 fully saturated rings. The van der Waals surface area contributed by atoms with Crippen LogP contribution in [0.4, 0.5) is 0 Å². The maximum absolute atomic E-state index is 9.32. The first-order chi connectivity index (χ1) is 8.02. The molecule has 0 aliphatic heterocycles. The van der Waals surface area contributed by atoms with Gasteiger partial charge in [0.05, 0.1) is 5.21 Å². The number of aromatic hydroxyl groups is 1. The van der Waals surface area contributed by atoms with Crippen molar-refractivity contribution in [2.75, 3.05) is 11.0 Å². The van der Waals surface area contributed by atoms with E-state index in [2.05, 4.69) is 9.97 Å². The Hall–Kier alpha value is -0.300. The van der Waals surface area contributed by atoms with Gasteiger partial charge in [0.2, 0.25) is 5.88 Å². The van der Waals surface area contributed by atoms with Crippen LogP contribution in [0.25, 0.3) is 0 Å². The van der Waals surface area contributed by atoms with Gasteiger partial charge in [0.1, 0.15) is 5.16 Å². The first-order valence-electron chi connectivity index (χ1n) is 4.53. The average Bonchev–Trinajstić information content (AvgIpc) is 2.22. The van der Waals surface area contributed by atoms with E-state index in [9.17, 15) is 5.11 Å². The molecule has 3 N–H and O–H groups in total. The van der Waals surface area contributed by atoms with Crippen molar-refractivity contribution in [3.8, 4) is 5.88 Å². The van der Waals surface area contributed by atoms with Gasteiger partial charge in [-0.3, -0.25) is 0 Å². The van der Waals surface area contributed by atoms with Crippen LogP contribution in [0.15, 0.2) is 21.3 Å². The highest BCUT2D eigenvalue weighted by atomic mass is 35.5. The Morgan fingerprint density at radius 3 is 2.76 bits per heavy atom. The molecule has 0 aromatic carbocycles. The number of hydrogen-bond acceptors (Lipinski definition) is 6. The molecule has 94 valence electrons. The summed E-state index contributed by atoms with van der Waals surface area (Å²) in [7, 11) is 0. The van der Waals surface area contributed by atoms with Crippen LogP contribution >= 0.6 is 46.7 Å². The Balaban J connectivity index is 2.69. The molecule has 0 aliphatic carbocycles. The second-order valence-corrected chi connectivity index (χ2v) is 5.97. The predicted molar refractivity (Wildman–Crippen MR) is 74.5 cm³/mol. The summed E-state index contributed by atoms with van der Waals surface area (Å²) in [6.07, 6.45) is 0. The zero-order valence-electron chi connectivity index (χ0n) is 8.98. The van der Waals surface area contributed by atoms with Crippen LogP contribution in [-0.2, 0) is 0 Å². The number of rotatable bonds is 5. The molecule has 0 saturated carbocycles. The van der Waals surface area contributed by atoms with Gasteiger partial charge >= 0.3 is 0 Å². The molecule has 8 heteroatoms. The van der Waals surface area contributed by atoms with E-state index in [1.165, 1.54) is 29.6 Å². The Morgan fingerprint density at radius 2 is 2.24 bits per heavy atom. The number of nitrogens with two attached hydrogens (primary N) is 1. The number of hydrogen-bond donors (Lipinski definition) is 2. The molecule has 17 heavy (non-hydrogen) atoms. The van der Waals surface area contributed by atoms with Crippen LogP contribution in [0.2, 0.25) is 0 Å². The summed E-state index contributed by atoms with van der Waals surface area (Å²) in [5.74, 6) is 0.477. The van der Waals surface area contributed by atoms with E-state index in [-0.39, 0.29) is 11.0 Å². The molecule has 0 aliphatic rings. The molecule has 1 aromatic rings. The van der Waals surface area contributed by atoms with Crippen molar-refractivity contribution in [2.24, 2.45) is 5.73 Å². The van der Waals surface area contributed by atoms with E-state index in [0.29, 0.717) is 21.8 Å². The Morgan fingerprint density at radius 1 is 1.53 bits per heavy atom. The highest BCUT2D eigenvalue weighted by molar-refractivity contribution is 8.06. The fourth-order valence-corrected chi connectivity index (χ4v) is 3.23. The predicted octanol–water partition coefficient (Wildman–Crippen LogP) is 2.88. The summed E-state index contributed by atoms with van der Waals surface area (Å²) in [6, 6.07) is 1.49. The molecule has 0 spiro atoms. The van der Waals surface area contributed by atoms with E-state index >= 15 is 0 Å². The van der Waals surface area contributed by atoms with E-state index in [1.54, 1.807) is 6.92 Å². The van der Waals surface area contributed by atoms with Gasteiger partial charge in [0.25, 0.3) is 0 Å². The molecule has 4 nitrogen and oxygen atoms in total. The minimum atomic E-state index is -0.0469. The van der Waals surface area contributed by atoms with Gasteiger partial charge in [-0.15, -0.1) is 23.4 Å². The van der Waals surface area contributed by atoms with Crippen LogP contribution in [-0.4, -0.2) is 26.0 Å². The third-order valence-electron chi connectivity index (χ3n) is 1.65. The van der Waals surface area contributed by atoms with Crippen LogP contribution in [0, 0.1) is 6.92 Å². The normalized spacial score (nSPS) is 12.4. The average molecular weight is 312 g/mol. The summed E-state index contributed by atoms with van der Waals surface area (Å²) in [5.41, 5.74) is 6.21. The summed E-state index contributed by atoms with van der Waals surface area (Å²) in [6.45, 7) is 1.78. The molecular formula is C9H11Cl2N3OS2. The monoisotopic (exact) mass is 311 g/mol. The van der Waals surface area contributed by atoms with Crippen molar-refractivity contribution >= 4 is 46.7 Å². The Labute approximate surface area is 118 Å². The molecule has 0 unspecified atom stereocenters. The van der Waals surface area contributed by atoms with Gasteiger partial charge in [-0.25, -0.2) is 4.98 Å². The third-order valence-corrected chi connectivity index (χ3v) is 4.19. The Bertz CT molecular complexity index is 404. The molecule has 1 aromatic heterocycles. The molecular weight excluding hydrogens is 301 g/mol. The maximum Gasteiger partial charge on any atom is 0.215 e. The highest BCUT2D eigenvalue weighted by Gasteiger charge is 2.07. The van der Waals surface area contributed by atoms with Gasteiger partial charge in [0.15, 0.2) is 5.16 Å². The smallest absolute Gasteiger partial charge is 0.215 e. The fraction of sp³-hybridized carbons (Fsp3) is 0.333. The van der Waals surface area contributed by atoms with Crippen LogP contribution in [0.3, 0.4) is 0 Å². The number of nitrogens with zero attached hydrogens (tertiary/aromatic N) is 2. The summed E-state index contributed by atoms with van der Waals surface area (Å²) in [5, 5.41) is 10.4.